The summed E-state index contributed by atoms with van der Waals surface area (Å²) in [4.78, 5) is 127. The summed E-state index contributed by atoms with van der Waals surface area (Å²) >= 11 is 0. The van der Waals surface area contributed by atoms with Crippen molar-refractivity contribution in [2.24, 2.45) is 17.8 Å². The highest BCUT2D eigenvalue weighted by Crippen LogP contribution is 2.35. The molecule has 0 saturated heterocycles. The maximum Gasteiger partial charge on any atom is 0.305 e. The molecule has 864 valence electrons. The third-order valence-electron chi connectivity index (χ3n) is 30.4. The van der Waals surface area contributed by atoms with Crippen molar-refractivity contribution < 1.29 is 71.6 Å². The summed E-state index contributed by atoms with van der Waals surface area (Å²) in [6, 6.07) is 0. The molecule has 0 spiro atoms. The Labute approximate surface area is 905 Å². The first-order valence-electron chi connectivity index (χ1n) is 64.1. The van der Waals surface area contributed by atoms with Crippen LogP contribution in [0.4, 0.5) is 0 Å². The zero-order chi connectivity index (χ0) is 106. The van der Waals surface area contributed by atoms with Crippen LogP contribution >= 0.6 is 0 Å². The molecular weight excluding hydrogens is 1840 g/mol. The number of esters is 6. The van der Waals surface area contributed by atoms with Crippen molar-refractivity contribution in [3.8, 4) is 0 Å². The Balaban J connectivity index is 3.35. The summed E-state index contributed by atoms with van der Waals surface area (Å²) in [5, 5.41) is 10.0. The van der Waals surface area contributed by atoms with Gasteiger partial charge in [-0.15, -0.1) is 0 Å². The molecule has 0 heterocycles. The Bertz CT molecular complexity index is 2480. The van der Waals surface area contributed by atoms with Crippen molar-refractivity contribution in [3.63, 3.8) is 0 Å². The molecule has 21 nitrogen and oxygen atoms in total. The molecule has 0 aromatic carbocycles. The van der Waals surface area contributed by atoms with E-state index in [1.165, 1.54) is 193 Å². The fourth-order valence-electron chi connectivity index (χ4n) is 20.7. The molecule has 21 heteroatoms. The largest absolute Gasteiger partial charge is 0.466 e. The van der Waals surface area contributed by atoms with Crippen molar-refractivity contribution in [3.05, 3.63) is 0 Å². The second-order valence-corrected chi connectivity index (χ2v) is 44.5. The molecule has 3 amide bonds. The zero-order valence-corrected chi connectivity index (χ0v) is 97.6. The average molecular weight is 2080 g/mol. The first-order valence-corrected chi connectivity index (χ1v) is 64.1. The number of nitrogens with one attached hydrogen (secondary N) is 3. The summed E-state index contributed by atoms with van der Waals surface area (Å²) < 4.78 is 33.5. The Hall–Kier alpha value is -4.89. The highest BCUT2D eigenvalue weighted by Gasteiger charge is 2.39. The van der Waals surface area contributed by atoms with Crippen LogP contribution in [0, 0.1) is 17.8 Å². The molecule has 1 aliphatic carbocycles. The molecule has 0 aromatic heterocycles. The lowest BCUT2D eigenvalue weighted by Gasteiger charge is -2.33. The summed E-state index contributed by atoms with van der Waals surface area (Å²) in [5.74, 6) is -2.05. The molecule has 0 radical (unpaired) electrons. The number of carbonyl (C=O) groups excluding carboxylic acids is 9. The van der Waals surface area contributed by atoms with Gasteiger partial charge < -0.3 is 59.1 Å². The van der Waals surface area contributed by atoms with Gasteiger partial charge in [0.05, 0.1) is 39.6 Å². The first-order chi connectivity index (χ1) is 72.2. The van der Waals surface area contributed by atoms with Gasteiger partial charge in [-0.3, -0.25) is 43.2 Å². The van der Waals surface area contributed by atoms with E-state index in [0.29, 0.717) is 117 Å². The monoisotopic (exact) mass is 2080 g/mol. The lowest BCUT2D eigenvalue weighted by molar-refractivity contribution is -0.144. The van der Waals surface area contributed by atoms with E-state index in [0.717, 1.165) is 386 Å². The van der Waals surface area contributed by atoms with E-state index in [2.05, 4.69) is 72.2 Å². The smallest absolute Gasteiger partial charge is 0.305 e. The van der Waals surface area contributed by atoms with Crippen LogP contribution in [-0.4, -0.2) is 186 Å². The van der Waals surface area contributed by atoms with Gasteiger partial charge >= 0.3 is 35.8 Å². The Morgan fingerprint density at radius 3 is 0.435 bits per heavy atom. The Morgan fingerprint density at radius 2 is 0.286 bits per heavy atom. The predicted molar refractivity (Wildman–Crippen MR) is 614 cm³/mol. The number of unbranched alkanes of at least 4 members (excludes halogenated alkanes) is 66. The highest BCUT2D eigenvalue weighted by molar-refractivity contribution is 5.86. The zero-order valence-electron chi connectivity index (χ0n) is 97.6. The van der Waals surface area contributed by atoms with Crippen molar-refractivity contribution >= 4 is 53.5 Å². The van der Waals surface area contributed by atoms with Gasteiger partial charge in [0, 0.05) is 75.9 Å². The van der Waals surface area contributed by atoms with Gasteiger partial charge in [-0.05, 0) is 213 Å². The SMILES string of the molecule is CCCCCCCCCOC(=O)CCCCCCCCN(CCCCCCCCC(=O)OCCCCCCCCC)CCCNC(=O)C1CC(C(=O)NCCCN(CCCCCCCCC(=O)OCCCCCCCCC)CCCCCCCCC(=O)OCCCCCCCCC)CC(C(=O)NCCCN(CCCCCCCCC(=O)OCCCCCCCCC)CCCCCCCCC(=O)OCCCCCCCCC)C1. The van der Waals surface area contributed by atoms with Gasteiger partial charge in [0.2, 0.25) is 17.7 Å². The second-order valence-electron chi connectivity index (χ2n) is 44.5. The molecule has 0 atom stereocenters. The van der Waals surface area contributed by atoms with E-state index >= 15 is 0 Å². The number of nitrogens with zero attached hydrogens (tertiary/aromatic N) is 3. The van der Waals surface area contributed by atoms with Gasteiger partial charge in [0.25, 0.3) is 0 Å². The molecule has 1 rings (SSSR count). The molecule has 1 fully saturated rings. The molecule has 1 saturated carbocycles. The van der Waals surface area contributed by atoms with Crippen LogP contribution in [0.1, 0.15) is 619 Å². The molecule has 1 aliphatic rings. The lowest BCUT2D eigenvalue weighted by atomic mass is 9.74. The predicted octanol–water partition coefficient (Wildman–Crippen LogP) is 32.6. The van der Waals surface area contributed by atoms with Crippen LogP contribution in [0.25, 0.3) is 0 Å². The van der Waals surface area contributed by atoms with Crippen LogP contribution in [-0.2, 0) is 71.6 Å². The van der Waals surface area contributed by atoms with Crippen molar-refractivity contribution in [1.82, 2.24) is 30.7 Å². The number of rotatable bonds is 117. The molecule has 147 heavy (non-hydrogen) atoms. The lowest BCUT2D eigenvalue weighted by Crippen LogP contribution is -2.45. The van der Waals surface area contributed by atoms with Gasteiger partial charge in [0.15, 0.2) is 0 Å². The number of amides is 3. The first kappa shape index (κ1) is 140. The number of hydrogen-bond acceptors (Lipinski definition) is 18. The second kappa shape index (κ2) is 112. The molecule has 3 N–H and O–H groups in total. The van der Waals surface area contributed by atoms with E-state index in [-0.39, 0.29) is 53.5 Å². The minimum atomic E-state index is -0.488. The molecular formula is C126H240N6O15. The van der Waals surface area contributed by atoms with Gasteiger partial charge in [-0.2, -0.15) is 0 Å². The average Bonchev–Trinajstić information content (AvgIpc) is 0.824. The summed E-state index contributed by atoms with van der Waals surface area (Å²) in [6.45, 7) is 26.7. The van der Waals surface area contributed by atoms with E-state index in [1.54, 1.807) is 0 Å². The fraction of sp³-hybridized carbons (Fsp3) is 0.929. The summed E-state index contributed by atoms with van der Waals surface area (Å²) in [5.41, 5.74) is 0. The normalized spacial score (nSPS) is 13.7. The van der Waals surface area contributed by atoms with Gasteiger partial charge in [0.1, 0.15) is 0 Å². The molecule has 0 aliphatic heterocycles. The number of ether oxygens (including phenoxy) is 6. The summed E-state index contributed by atoms with van der Waals surface area (Å²) in [6.07, 6.45) is 95.0. The maximum absolute atomic E-state index is 14.8. The number of carbonyl (C=O) groups is 9. The van der Waals surface area contributed by atoms with Crippen LogP contribution in [0.15, 0.2) is 0 Å². The van der Waals surface area contributed by atoms with Crippen LogP contribution in [0.2, 0.25) is 0 Å². The quantitative estimate of drug-likeness (QED) is 0.0291. The third-order valence-corrected chi connectivity index (χ3v) is 30.4. The van der Waals surface area contributed by atoms with Gasteiger partial charge in [-0.25, -0.2) is 0 Å². The van der Waals surface area contributed by atoms with Crippen LogP contribution < -0.4 is 16.0 Å². The Kier molecular flexibility index (Phi) is 107. The Morgan fingerprint density at radius 1 is 0.163 bits per heavy atom. The minimum absolute atomic E-state index is 0.0620. The number of hydrogen-bond donors (Lipinski definition) is 3. The van der Waals surface area contributed by atoms with Crippen LogP contribution in [0.5, 0.6) is 0 Å². The van der Waals surface area contributed by atoms with E-state index in [1.807, 2.05) is 0 Å². The molecule has 0 bridgehead atoms. The maximum atomic E-state index is 14.8. The topological polar surface area (TPSA) is 255 Å². The van der Waals surface area contributed by atoms with Crippen molar-refractivity contribution in [2.75, 3.05) is 118 Å². The van der Waals surface area contributed by atoms with Crippen molar-refractivity contribution in [2.45, 2.75) is 619 Å². The minimum Gasteiger partial charge on any atom is -0.466 e. The molecule has 0 unspecified atom stereocenters. The van der Waals surface area contributed by atoms with Crippen molar-refractivity contribution in [1.29, 1.82) is 0 Å². The highest BCUT2D eigenvalue weighted by atomic mass is 16.6. The van der Waals surface area contributed by atoms with E-state index in [4.69, 9.17) is 28.4 Å². The van der Waals surface area contributed by atoms with E-state index in [9.17, 15) is 43.2 Å². The standard InChI is InChI=1S/C126H240N6O15/c1-7-13-19-25-43-61-79-106-142-118(133)88-67-49-31-37-55-73-97-130(98-74-56-38-32-50-68-89-119(134)143-107-80-62-44-26-20-14-8-2)103-85-94-127-124(139)115-112-116(125(140)128-95-86-104-131(99-75-57-39-33-51-69-90-120(135)144-108-81-63-45-27-21-15-9-3)100-76-58-40-34-52-70-91-121(136)145-109-82-64-46-28-22-16-10-4)114-117(113-115)126(141)129-96-87-105-132(101-77-59-41-35-53-71-92-122(137)146-110-83-65-47-29-23-17-11-5)102-78-60-42-36-54-72-93-123(138)147-111-84-66-48-30-24-18-12-6/h115-117H,7-114H2,1-6H3,(H,127,139)(H,128,140)(H,129,141). The fourth-order valence-corrected chi connectivity index (χ4v) is 20.7. The van der Waals surface area contributed by atoms with Crippen LogP contribution in [0.3, 0.4) is 0 Å². The van der Waals surface area contributed by atoms with E-state index < -0.39 is 17.8 Å². The molecule has 0 aromatic rings. The third kappa shape index (κ3) is 99.0. The van der Waals surface area contributed by atoms with Gasteiger partial charge in [-0.1, -0.05) is 427 Å². The summed E-state index contributed by atoms with van der Waals surface area (Å²) in [7, 11) is 0.